The van der Waals surface area contributed by atoms with Crippen LogP contribution >= 0.6 is 0 Å². The van der Waals surface area contributed by atoms with Crippen molar-refractivity contribution in [2.45, 2.75) is 77.8 Å². The molecule has 2 atom stereocenters. The van der Waals surface area contributed by atoms with Gasteiger partial charge in [-0.1, -0.05) is 0 Å². The summed E-state index contributed by atoms with van der Waals surface area (Å²) in [5, 5.41) is 0. The molecule has 14 heavy (non-hydrogen) atoms. The average molecular weight is 200 g/mol. The molecule has 1 saturated heterocycles. The summed E-state index contributed by atoms with van der Waals surface area (Å²) in [5.41, 5.74) is -0.161. The summed E-state index contributed by atoms with van der Waals surface area (Å²) in [7, 11) is 0. The van der Waals surface area contributed by atoms with Crippen molar-refractivity contribution in [2.24, 2.45) is 0 Å². The zero-order valence-corrected chi connectivity index (χ0v) is 10.4. The van der Waals surface area contributed by atoms with Gasteiger partial charge in [0, 0.05) is 6.42 Å². The molecule has 1 rings (SSSR count). The van der Waals surface area contributed by atoms with Gasteiger partial charge in [0.05, 0.1) is 23.4 Å². The van der Waals surface area contributed by atoms with E-state index in [1.807, 2.05) is 0 Å². The van der Waals surface area contributed by atoms with Crippen LogP contribution in [-0.2, 0) is 9.47 Å². The predicted octanol–water partition coefficient (Wildman–Crippen LogP) is 3.15. The Kier molecular flexibility index (Phi) is 3.27. The molecule has 1 aliphatic rings. The molecule has 0 N–H and O–H groups in total. The zero-order valence-electron chi connectivity index (χ0n) is 10.4. The van der Waals surface area contributed by atoms with E-state index in [4.69, 9.17) is 9.47 Å². The highest BCUT2D eigenvalue weighted by molar-refractivity contribution is 4.85. The van der Waals surface area contributed by atoms with Crippen LogP contribution in [0.4, 0.5) is 0 Å². The molecule has 0 aliphatic carbocycles. The molecular weight excluding hydrogens is 176 g/mol. The first-order valence-electron chi connectivity index (χ1n) is 5.56. The summed E-state index contributed by atoms with van der Waals surface area (Å²) in [6, 6.07) is 0. The first kappa shape index (κ1) is 12.0. The molecule has 0 spiro atoms. The Balaban J connectivity index is 2.73. The van der Waals surface area contributed by atoms with Crippen molar-refractivity contribution in [3.8, 4) is 0 Å². The lowest BCUT2D eigenvalue weighted by atomic mass is 9.90. The van der Waals surface area contributed by atoms with Crippen LogP contribution in [0, 0.1) is 0 Å². The molecule has 2 heteroatoms. The fraction of sp³-hybridized carbons (Fsp3) is 1.00. The zero-order chi connectivity index (χ0) is 11.0. The predicted molar refractivity (Wildman–Crippen MR) is 58.5 cm³/mol. The molecule has 0 bridgehead atoms. The van der Waals surface area contributed by atoms with E-state index < -0.39 is 0 Å². The third-order valence-corrected chi connectivity index (χ3v) is 2.56. The molecule has 0 radical (unpaired) electrons. The molecule has 0 amide bonds. The molecule has 1 fully saturated rings. The first-order chi connectivity index (χ1) is 6.20. The molecule has 0 aromatic carbocycles. The van der Waals surface area contributed by atoms with Crippen LogP contribution in [0.2, 0.25) is 0 Å². The summed E-state index contributed by atoms with van der Waals surface area (Å²) in [4.78, 5) is 0. The van der Waals surface area contributed by atoms with Gasteiger partial charge in [-0.05, 0) is 48.0 Å². The van der Waals surface area contributed by atoms with Gasteiger partial charge in [-0.3, -0.25) is 0 Å². The Bertz CT molecular complexity index is 176. The molecule has 2 nitrogen and oxygen atoms in total. The van der Waals surface area contributed by atoms with E-state index in [-0.39, 0.29) is 23.4 Å². The highest BCUT2D eigenvalue weighted by Gasteiger charge is 2.35. The maximum Gasteiger partial charge on any atom is 0.0657 e. The summed E-state index contributed by atoms with van der Waals surface area (Å²) in [5.74, 6) is 0. The van der Waals surface area contributed by atoms with Crippen molar-refractivity contribution in [2.75, 3.05) is 0 Å². The van der Waals surface area contributed by atoms with E-state index in [1.54, 1.807) is 0 Å². The average Bonchev–Trinajstić information content (AvgIpc) is 1.74. The van der Waals surface area contributed by atoms with Gasteiger partial charge in [-0.15, -0.1) is 0 Å². The van der Waals surface area contributed by atoms with Crippen molar-refractivity contribution in [1.29, 1.82) is 0 Å². The molecule has 0 aromatic rings. The second kappa shape index (κ2) is 3.82. The Morgan fingerprint density at radius 3 is 1.57 bits per heavy atom. The fourth-order valence-electron chi connectivity index (χ4n) is 2.76. The van der Waals surface area contributed by atoms with Gasteiger partial charge in [0.25, 0.3) is 0 Å². The lowest BCUT2D eigenvalue weighted by Gasteiger charge is -2.41. The van der Waals surface area contributed by atoms with Crippen molar-refractivity contribution in [3.63, 3.8) is 0 Å². The van der Waals surface area contributed by atoms with Gasteiger partial charge in [-0.25, -0.2) is 0 Å². The van der Waals surface area contributed by atoms with Crippen LogP contribution in [-0.4, -0.2) is 23.4 Å². The van der Waals surface area contributed by atoms with Crippen molar-refractivity contribution in [3.05, 3.63) is 0 Å². The van der Waals surface area contributed by atoms with Crippen LogP contribution in [0.25, 0.3) is 0 Å². The Labute approximate surface area is 88.0 Å². The SMILES string of the molecule is CC1CC(C)OC(C)(C)CC(C)(C)O1. The number of hydrogen-bond acceptors (Lipinski definition) is 2. The van der Waals surface area contributed by atoms with Crippen molar-refractivity contribution < 1.29 is 9.47 Å². The summed E-state index contributed by atoms with van der Waals surface area (Å²) >= 11 is 0. The van der Waals surface area contributed by atoms with Crippen LogP contribution in [0.15, 0.2) is 0 Å². The first-order valence-corrected chi connectivity index (χ1v) is 5.56. The topological polar surface area (TPSA) is 18.5 Å². The Morgan fingerprint density at radius 1 is 0.857 bits per heavy atom. The number of hydrogen-bond donors (Lipinski definition) is 0. The third kappa shape index (κ3) is 3.58. The largest absolute Gasteiger partial charge is 0.372 e. The van der Waals surface area contributed by atoms with Gasteiger partial charge < -0.3 is 9.47 Å². The molecule has 1 aliphatic heterocycles. The molecule has 0 aromatic heterocycles. The summed E-state index contributed by atoms with van der Waals surface area (Å²) < 4.78 is 12.0. The van der Waals surface area contributed by atoms with Gasteiger partial charge in [0.1, 0.15) is 0 Å². The summed E-state index contributed by atoms with van der Waals surface area (Å²) in [6.07, 6.45) is 2.49. The highest BCUT2D eigenvalue weighted by atomic mass is 16.5. The molecular formula is C12H24O2. The van der Waals surface area contributed by atoms with Crippen molar-refractivity contribution in [1.82, 2.24) is 0 Å². The van der Waals surface area contributed by atoms with Crippen LogP contribution in [0.3, 0.4) is 0 Å². The van der Waals surface area contributed by atoms with E-state index in [1.165, 1.54) is 0 Å². The maximum absolute atomic E-state index is 6.00. The van der Waals surface area contributed by atoms with Gasteiger partial charge in [0.15, 0.2) is 0 Å². The fourth-order valence-corrected chi connectivity index (χ4v) is 2.76. The summed E-state index contributed by atoms with van der Waals surface area (Å²) in [6.45, 7) is 12.8. The molecule has 0 saturated carbocycles. The minimum Gasteiger partial charge on any atom is -0.372 e. The standard InChI is InChI=1S/C12H24O2/c1-9-7-10(2)14-12(5,6)8-11(3,4)13-9/h9-10H,7-8H2,1-6H3. The van der Waals surface area contributed by atoms with Crippen molar-refractivity contribution >= 4 is 0 Å². The minimum atomic E-state index is -0.0803. The van der Waals surface area contributed by atoms with E-state index in [0.29, 0.717) is 0 Å². The van der Waals surface area contributed by atoms with Crippen LogP contribution < -0.4 is 0 Å². The lowest BCUT2D eigenvalue weighted by Crippen LogP contribution is -2.44. The minimum absolute atomic E-state index is 0.0803. The monoisotopic (exact) mass is 200 g/mol. The lowest BCUT2D eigenvalue weighted by molar-refractivity contribution is -0.177. The number of rotatable bonds is 0. The Morgan fingerprint density at radius 2 is 1.21 bits per heavy atom. The van der Waals surface area contributed by atoms with Gasteiger partial charge in [0.2, 0.25) is 0 Å². The Hall–Kier alpha value is -0.0800. The third-order valence-electron chi connectivity index (χ3n) is 2.56. The second-order valence-corrected chi connectivity index (χ2v) is 5.79. The highest BCUT2D eigenvalue weighted by Crippen LogP contribution is 2.32. The van der Waals surface area contributed by atoms with Crippen LogP contribution in [0.5, 0.6) is 0 Å². The maximum atomic E-state index is 6.00. The van der Waals surface area contributed by atoms with E-state index >= 15 is 0 Å². The van der Waals surface area contributed by atoms with Crippen LogP contribution in [0.1, 0.15) is 54.4 Å². The van der Waals surface area contributed by atoms with E-state index in [0.717, 1.165) is 12.8 Å². The smallest absolute Gasteiger partial charge is 0.0657 e. The quantitative estimate of drug-likeness (QED) is 0.598. The molecule has 1 heterocycles. The van der Waals surface area contributed by atoms with E-state index in [9.17, 15) is 0 Å². The van der Waals surface area contributed by atoms with E-state index in [2.05, 4.69) is 41.5 Å². The van der Waals surface area contributed by atoms with Gasteiger partial charge >= 0.3 is 0 Å². The normalized spacial score (nSPS) is 37.3. The number of ether oxygens (including phenoxy) is 2. The van der Waals surface area contributed by atoms with Gasteiger partial charge in [-0.2, -0.15) is 0 Å². The molecule has 2 unspecified atom stereocenters. The second-order valence-electron chi connectivity index (χ2n) is 5.79. The molecule has 84 valence electrons.